The van der Waals surface area contributed by atoms with Gasteiger partial charge in [-0.1, -0.05) is 23.9 Å². The van der Waals surface area contributed by atoms with Crippen molar-refractivity contribution in [2.75, 3.05) is 26.0 Å². The van der Waals surface area contributed by atoms with Gasteiger partial charge in [-0.25, -0.2) is 0 Å². The van der Waals surface area contributed by atoms with Crippen LogP contribution in [0.2, 0.25) is 0 Å². The number of methoxy groups -OCH3 is 1. The van der Waals surface area contributed by atoms with Crippen LogP contribution in [0.1, 0.15) is 5.69 Å². The highest BCUT2D eigenvalue weighted by molar-refractivity contribution is 8.15. The van der Waals surface area contributed by atoms with Crippen molar-refractivity contribution in [3.05, 3.63) is 30.0 Å². The first-order chi connectivity index (χ1) is 9.72. The average molecular weight is 289 g/mol. The Balaban J connectivity index is 1.91. The van der Waals surface area contributed by atoms with Crippen LogP contribution in [-0.4, -0.2) is 41.9 Å². The van der Waals surface area contributed by atoms with Crippen molar-refractivity contribution < 1.29 is 9.53 Å². The van der Waals surface area contributed by atoms with Gasteiger partial charge in [0.15, 0.2) is 0 Å². The molecule has 1 aliphatic heterocycles. The van der Waals surface area contributed by atoms with Crippen LogP contribution in [0.3, 0.4) is 0 Å². The normalized spacial score (nSPS) is 18.1. The third kappa shape index (κ3) is 2.16. The lowest BCUT2D eigenvalue weighted by atomic mass is 10.2. The number of aliphatic imine (C=N–C) groups is 1. The molecule has 0 radical (unpaired) electrons. The monoisotopic (exact) mass is 289 g/mol. The molecule has 5 nitrogen and oxygen atoms in total. The summed E-state index contributed by atoms with van der Waals surface area (Å²) in [5.41, 5.74) is 3.04. The highest BCUT2D eigenvalue weighted by Gasteiger charge is 2.28. The van der Waals surface area contributed by atoms with Crippen molar-refractivity contribution in [2.24, 2.45) is 4.99 Å². The molecule has 0 bridgehead atoms. The molecule has 0 fully saturated rings. The number of carbonyl (C=O) groups is 1. The number of rotatable bonds is 3. The molecule has 2 N–H and O–H groups in total. The van der Waals surface area contributed by atoms with E-state index in [2.05, 4.69) is 21.4 Å². The number of H-pyrrole nitrogens is 1. The number of nitrogens with one attached hydrogen (secondary N) is 2. The van der Waals surface area contributed by atoms with E-state index >= 15 is 0 Å². The third-order valence-electron chi connectivity index (χ3n) is 3.27. The maximum atomic E-state index is 11.5. The molecule has 3 rings (SSSR count). The smallest absolute Gasteiger partial charge is 0.321 e. The number of aromatic nitrogens is 1. The minimum atomic E-state index is -0.231. The molecule has 20 heavy (non-hydrogen) atoms. The Labute approximate surface area is 120 Å². The Hall–Kier alpha value is -1.95. The zero-order valence-corrected chi connectivity index (χ0v) is 12.1. The minimum Gasteiger partial charge on any atom is -0.468 e. The number of para-hydroxylation sites is 1. The van der Waals surface area contributed by atoms with Gasteiger partial charge in [-0.2, -0.15) is 0 Å². The minimum absolute atomic E-state index is 0.222. The predicted molar refractivity (Wildman–Crippen MR) is 82.6 cm³/mol. The molecule has 1 aliphatic rings. The number of hydrogen-bond acceptors (Lipinski definition) is 5. The fraction of sp³-hybridized carbons (Fsp3) is 0.286. The number of thioether (sulfide) groups is 1. The highest BCUT2D eigenvalue weighted by Crippen LogP contribution is 2.30. The van der Waals surface area contributed by atoms with E-state index in [0.717, 1.165) is 27.3 Å². The van der Waals surface area contributed by atoms with Gasteiger partial charge in [0.1, 0.15) is 10.3 Å². The summed E-state index contributed by atoms with van der Waals surface area (Å²) < 4.78 is 4.76. The molecule has 104 valence electrons. The van der Waals surface area contributed by atoms with E-state index in [0.29, 0.717) is 6.54 Å². The lowest BCUT2D eigenvalue weighted by Gasteiger charge is -2.04. The molecule has 0 aliphatic carbocycles. The first-order valence-electron chi connectivity index (χ1n) is 6.31. The lowest BCUT2D eigenvalue weighted by molar-refractivity contribution is -0.139. The van der Waals surface area contributed by atoms with Crippen LogP contribution >= 0.6 is 11.8 Å². The second-order valence-electron chi connectivity index (χ2n) is 4.48. The average Bonchev–Trinajstić information content (AvgIpc) is 3.11. The van der Waals surface area contributed by atoms with Gasteiger partial charge in [-0.05, 0) is 12.1 Å². The molecular formula is C14H15N3O2S. The molecule has 1 atom stereocenters. The molecule has 0 spiro atoms. The summed E-state index contributed by atoms with van der Waals surface area (Å²) in [5.74, 6) is -0.222. The Morgan fingerprint density at radius 2 is 2.40 bits per heavy atom. The second kappa shape index (κ2) is 5.20. The quantitative estimate of drug-likeness (QED) is 0.851. The Kier molecular flexibility index (Phi) is 3.40. The first kappa shape index (κ1) is 13.1. The van der Waals surface area contributed by atoms with E-state index in [1.807, 2.05) is 25.2 Å². The van der Waals surface area contributed by atoms with Crippen LogP contribution in [0, 0.1) is 0 Å². The van der Waals surface area contributed by atoms with Gasteiger partial charge in [0, 0.05) is 12.4 Å². The summed E-state index contributed by atoms with van der Waals surface area (Å²) in [6, 6.07) is 8.13. The summed E-state index contributed by atoms with van der Waals surface area (Å²) in [6.07, 6.45) is 0. The number of anilines is 1. The number of ether oxygens (including phenoxy) is 1. The SMILES string of the molecule is CNc1cccc2cc(C3=NCC(C(=O)OC)S3)[nH]c12. The summed E-state index contributed by atoms with van der Waals surface area (Å²) in [4.78, 5) is 19.3. The molecule has 1 aromatic heterocycles. The fourth-order valence-electron chi connectivity index (χ4n) is 2.26. The molecule has 0 saturated heterocycles. The standard InChI is InChI=1S/C14H15N3O2S/c1-15-9-5-3-4-8-6-10(17-12(8)9)13-16-7-11(20-13)14(18)19-2/h3-6,11,15,17H,7H2,1-2H3. The zero-order chi connectivity index (χ0) is 14.1. The number of fused-ring (bicyclic) bond motifs is 1. The molecule has 6 heteroatoms. The topological polar surface area (TPSA) is 66.5 Å². The van der Waals surface area contributed by atoms with Gasteiger partial charge in [-0.3, -0.25) is 9.79 Å². The Bertz CT molecular complexity index is 693. The molecule has 0 amide bonds. The number of hydrogen-bond donors (Lipinski definition) is 2. The van der Waals surface area contributed by atoms with Gasteiger partial charge < -0.3 is 15.0 Å². The lowest BCUT2D eigenvalue weighted by Crippen LogP contribution is -2.19. The van der Waals surface area contributed by atoms with Gasteiger partial charge in [0.05, 0.1) is 30.6 Å². The highest BCUT2D eigenvalue weighted by atomic mass is 32.2. The van der Waals surface area contributed by atoms with Crippen LogP contribution in [0.25, 0.3) is 10.9 Å². The Morgan fingerprint density at radius 3 is 3.15 bits per heavy atom. The summed E-state index contributed by atoms with van der Waals surface area (Å²) in [7, 11) is 3.30. The molecule has 0 saturated carbocycles. The van der Waals surface area contributed by atoms with E-state index in [4.69, 9.17) is 4.74 Å². The second-order valence-corrected chi connectivity index (χ2v) is 5.67. The zero-order valence-electron chi connectivity index (χ0n) is 11.3. The van der Waals surface area contributed by atoms with Crippen LogP contribution in [0.5, 0.6) is 0 Å². The molecule has 2 aromatic rings. The van der Waals surface area contributed by atoms with Gasteiger partial charge in [0.25, 0.3) is 0 Å². The van der Waals surface area contributed by atoms with Crippen LogP contribution in [-0.2, 0) is 9.53 Å². The van der Waals surface area contributed by atoms with Crippen molar-refractivity contribution in [1.29, 1.82) is 0 Å². The third-order valence-corrected chi connectivity index (χ3v) is 4.47. The van der Waals surface area contributed by atoms with E-state index in [9.17, 15) is 4.79 Å². The number of esters is 1. The summed E-state index contributed by atoms with van der Waals surface area (Å²) in [6.45, 7) is 0.473. The molecular weight excluding hydrogens is 274 g/mol. The van der Waals surface area contributed by atoms with Crippen molar-refractivity contribution in [3.63, 3.8) is 0 Å². The van der Waals surface area contributed by atoms with Crippen LogP contribution < -0.4 is 5.32 Å². The van der Waals surface area contributed by atoms with Crippen LogP contribution in [0.15, 0.2) is 29.3 Å². The van der Waals surface area contributed by atoms with Crippen LogP contribution in [0.4, 0.5) is 5.69 Å². The number of carbonyl (C=O) groups excluding carboxylic acids is 1. The Morgan fingerprint density at radius 1 is 1.55 bits per heavy atom. The van der Waals surface area contributed by atoms with E-state index in [-0.39, 0.29) is 11.2 Å². The number of aromatic amines is 1. The van der Waals surface area contributed by atoms with E-state index in [1.165, 1.54) is 18.9 Å². The first-order valence-corrected chi connectivity index (χ1v) is 7.19. The largest absolute Gasteiger partial charge is 0.468 e. The molecule has 2 heterocycles. The van der Waals surface area contributed by atoms with E-state index < -0.39 is 0 Å². The van der Waals surface area contributed by atoms with Crippen molar-refractivity contribution >= 4 is 39.4 Å². The maximum Gasteiger partial charge on any atom is 0.321 e. The van der Waals surface area contributed by atoms with Gasteiger partial charge in [0.2, 0.25) is 0 Å². The van der Waals surface area contributed by atoms with Crippen molar-refractivity contribution in [3.8, 4) is 0 Å². The van der Waals surface area contributed by atoms with Gasteiger partial charge >= 0.3 is 5.97 Å². The predicted octanol–water partition coefficient (Wildman–Crippen LogP) is 2.24. The van der Waals surface area contributed by atoms with Gasteiger partial charge in [-0.15, -0.1) is 0 Å². The number of nitrogens with zero attached hydrogens (tertiary/aromatic N) is 1. The van der Waals surface area contributed by atoms with Crippen molar-refractivity contribution in [1.82, 2.24) is 4.98 Å². The maximum absolute atomic E-state index is 11.5. The summed E-state index contributed by atoms with van der Waals surface area (Å²) >= 11 is 1.45. The fourth-order valence-corrected chi connectivity index (χ4v) is 3.25. The van der Waals surface area contributed by atoms with E-state index in [1.54, 1.807) is 0 Å². The number of benzene rings is 1. The molecule has 1 unspecified atom stereocenters. The van der Waals surface area contributed by atoms with Crippen molar-refractivity contribution in [2.45, 2.75) is 5.25 Å². The molecule has 1 aromatic carbocycles. The summed E-state index contributed by atoms with van der Waals surface area (Å²) in [5, 5.41) is 4.91.